The summed E-state index contributed by atoms with van der Waals surface area (Å²) in [5, 5.41) is 9.41. The molecule has 0 heterocycles. The molecule has 0 radical (unpaired) electrons. The first-order chi connectivity index (χ1) is 14.5. The number of nitrogens with one attached hydrogen (secondary N) is 3. The Bertz CT molecular complexity index is 852. The summed E-state index contributed by atoms with van der Waals surface area (Å²) in [7, 11) is 1.73. The minimum atomic E-state index is -0.0880. The van der Waals surface area contributed by atoms with Crippen molar-refractivity contribution in [3.63, 3.8) is 0 Å². The maximum absolute atomic E-state index is 11.2. The third kappa shape index (κ3) is 8.13. The second kappa shape index (κ2) is 12.5. The molecule has 0 bridgehead atoms. The zero-order valence-electron chi connectivity index (χ0n) is 18.2. The first-order valence-corrected chi connectivity index (χ1v) is 10.1. The highest BCUT2D eigenvalue weighted by molar-refractivity contribution is 5.88. The second-order valence-electron chi connectivity index (χ2n) is 6.82. The van der Waals surface area contributed by atoms with Crippen LogP contribution >= 0.6 is 0 Å². The van der Waals surface area contributed by atoms with Crippen molar-refractivity contribution in [2.75, 3.05) is 32.2 Å². The minimum absolute atomic E-state index is 0.0880. The molecule has 7 nitrogen and oxygen atoms in total. The van der Waals surface area contributed by atoms with Crippen molar-refractivity contribution in [2.45, 2.75) is 33.9 Å². The Hall–Kier alpha value is -3.06. The smallest absolute Gasteiger partial charge is 0.221 e. The van der Waals surface area contributed by atoms with Crippen molar-refractivity contribution in [2.24, 2.45) is 4.99 Å². The fourth-order valence-electron chi connectivity index (χ4n) is 2.84. The van der Waals surface area contributed by atoms with Gasteiger partial charge in [0.15, 0.2) is 5.96 Å². The number of carbonyl (C=O) groups excluding carboxylic acids is 1. The summed E-state index contributed by atoms with van der Waals surface area (Å²) in [6.07, 6.45) is 0. The Morgan fingerprint density at radius 1 is 1.07 bits per heavy atom. The van der Waals surface area contributed by atoms with Crippen molar-refractivity contribution in [3.05, 3.63) is 59.2 Å². The quantitative estimate of drug-likeness (QED) is 0.317. The molecule has 0 atom stereocenters. The number of benzene rings is 2. The molecule has 0 saturated carbocycles. The molecule has 2 rings (SSSR count). The number of rotatable bonds is 10. The van der Waals surface area contributed by atoms with E-state index in [0.29, 0.717) is 38.9 Å². The standard InChI is InChI=1S/C23H32N4O3/c1-5-29-11-12-30-22-13-17(2)9-10-20(22)16-26-23(24-4)25-15-19-7-6-8-21(14-19)27-18(3)28/h6-10,13-14H,5,11-12,15-16H2,1-4H3,(H,27,28)(H2,24,25,26). The molecule has 0 aliphatic heterocycles. The van der Waals surface area contributed by atoms with Gasteiger partial charge in [-0.1, -0.05) is 24.3 Å². The molecular formula is C23H32N4O3. The van der Waals surface area contributed by atoms with Gasteiger partial charge >= 0.3 is 0 Å². The Labute approximate surface area is 178 Å². The van der Waals surface area contributed by atoms with Crippen LogP contribution in [0.2, 0.25) is 0 Å². The fraction of sp³-hybridized carbons (Fsp3) is 0.391. The Balaban J connectivity index is 1.92. The molecule has 0 spiro atoms. The number of aryl methyl sites for hydroxylation is 1. The molecule has 2 aromatic rings. The van der Waals surface area contributed by atoms with Crippen LogP contribution in [0, 0.1) is 6.92 Å². The summed E-state index contributed by atoms with van der Waals surface area (Å²) in [6, 6.07) is 13.9. The summed E-state index contributed by atoms with van der Waals surface area (Å²) in [6.45, 7) is 8.44. The van der Waals surface area contributed by atoms with Gasteiger partial charge in [-0.2, -0.15) is 0 Å². The fourth-order valence-corrected chi connectivity index (χ4v) is 2.84. The van der Waals surface area contributed by atoms with E-state index >= 15 is 0 Å². The summed E-state index contributed by atoms with van der Waals surface area (Å²) < 4.78 is 11.3. The van der Waals surface area contributed by atoms with Gasteiger partial charge in [-0.05, 0) is 43.2 Å². The Kier molecular flexibility index (Phi) is 9.67. The van der Waals surface area contributed by atoms with Crippen LogP contribution in [0.1, 0.15) is 30.5 Å². The van der Waals surface area contributed by atoms with Gasteiger partial charge in [-0.15, -0.1) is 0 Å². The molecule has 1 amide bonds. The van der Waals surface area contributed by atoms with Gasteiger partial charge < -0.3 is 25.4 Å². The van der Waals surface area contributed by atoms with E-state index in [0.717, 1.165) is 28.1 Å². The lowest BCUT2D eigenvalue weighted by Crippen LogP contribution is -2.36. The van der Waals surface area contributed by atoms with E-state index < -0.39 is 0 Å². The average Bonchev–Trinajstić information content (AvgIpc) is 2.72. The van der Waals surface area contributed by atoms with Crippen LogP contribution in [0.15, 0.2) is 47.5 Å². The van der Waals surface area contributed by atoms with Crippen LogP contribution in [-0.2, 0) is 22.6 Å². The number of nitrogens with zero attached hydrogens (tertiary/aromatic N) is 1. The predicted octanol–water partition coefficient (Wildman–Crippen LogP) is 3.23. The van der Waals surface area contributed by atoms with Gasteiger partial charge in [0.05, 0.1) is 6.61 Å². The molecule has 3 N–H and O–H groups in total. The zero-order valence-corrected chi connectivity index (χ0v) is 18.2. The van der Waals surface area contributed by atoms with Crippen molar-refractivity contribution in [1.82, 2.24) is 10.6 Å². The number of ether oxygens (including phenoxy) is 2. The highest BCUT2D eigenvalue weighted by Crippen LogP contribution is 2.20. The van der Waals surface area contributed by atoms with Crippen molar-refractivity contribution < 1.29 is 14.3 Å². The molecule has 0 aromatic heterocycles. The second-order valence-corrected chi connectivity index (χ2v) is 6.82. The van der Waals surface area contributed by atoms with Crippen LogP contribution in [0.25, 0.3) is 0 Å². The molecular weight excluding hydrogens is 380 g/mol. The number of hydrogen-bond donors (Lipinski definition) is 3. The molecule has 0 unspecified atom stereocenters. The first-order valence-electron chi connectivity index (χ1n) is 10.1. The molecule has 162 valence electrons. The predicted molar refractivity (Wildman–Crippen MR) is 121 cm³/mol. The number of guanidine groups is 1. The van der Waals surface area contributed by atoms with E-state index in [-0.39, 0.29) is 5.91 Å². The largest absolute Gasteiger partial charge is 0.491 e. The van der Waals surface area contributed by atoms with Gasteiger partial charge in [-0.25, -0.2) is 0 Å². The van der Waals surface area contributed by atoms with Crippen molar-refractivity contribution in [3.8, 4) is 5.75 Å². The number of carbonyl (C=O) groups is 1. The number of amides is 1. The van der Waals surface area contributed by atoms with Crippen LogP contribution in [0.4, 0.5) is 5.69 Å². The maximum Gasteiger partial charge on any atom is 0.221 e. The third-order valence-corrected chi connectivity index (χ3v) is 4.29. The first kappa shape index (κ1) is 23.2. The number of aliphatic imine (C=N–C) groups is 1. The summed E-state index contributed by atoms with van der Waals surface area (Å²) in [5.74, 6) is 1.44. The SMILES string of the molecule is CCOCCOc1cc(C)ccc1CNC(=NC)NCc1cccc(NC(C)=O)c1. The molecule has 2 aromatic carbocycles. The average molecular weight is 413 g/mol. The van der Waals surface area contributed by atoms with Crippen LogP contribution in [0.5, 0.6) is 5.75 Å². The maximum atomic E-state index is 11.2. The minimum Gasteiger partial charge on any atom is -0.491 e. The van der Waals surface area contributed by atoms with Gasteiger partial charge in [-0.3, -0.25) is 9.79 Å². The highest BCUT2D eigenvalue weighted by atomic mass is 16.5. The third-order valence-electron chi connectivity index (χ3n) is 4.29. The Morgan fingerprint density at radius 2 is 1.87 bits per heavy atom. The summed E-state index contributed by atoms with van der Waals surface area (Å²) in [5.41, 5.74) is 4.01. The highest BCUT2D eigenvalue weighted by Gasteiger charge is 2.07. The lowest BCUT2D eigenvalue weighted by molar-refractivity contribution is -0.114. The van der Waals surface area contributed by atoms with E-state index in [2.05, 4.69) is 33.1 Å². The molecule has 0 aliphatic carbocycles. The normalized spacial score (nSPS) is 11.1. The van der Waals surface area contributed by atoms with E-state index in [1.165, 1.54) is 6.92 Å². The topological polar surface area (TPSA) is 84.0 Å². The molecule has 0 saturated heterocycles. The molecule has 0 aliphatic rings. The van der Waals surface area contributed by atoms with Crippen LogP contribution < -0.4 is 20.7 Å². The molecule has 7 heteroatoms. The van der Waals surface area contributed by atoms with E-state index in [4.69, 9.17) is 9.47 Å². The van der Waals surface area contributed by atoms with Gasteiger partial charge in [0.2, 0.25) is 5.91 Å². The monoisotopic (exact) mass is 412 g/mol. The lowest BCUT2D eigenvalue weighted by Gasteiger charge is -2.16. The van der Waals surface area contributed by atoms with Gasteiger partial charge in [0.1, 0.15) is 12.4 Å². The van der Waals surface area contributed by atoms with Gasteiger partial charge in [0.25, 0.3) is 0 Å². The van der Waals surface area contributed by atoms with E-state index in [1.807, 2.05) is 44.2 Å². The van der Waals surface area contributed by atoms with Crippen molar-refractivity contribution >= 4 is 17.6 Å². The van der Waals surface area contributed by atoms with Gasteiger partial charge in [0, 0.05) is 44.9 Å². The van der Waals surface area contributed by atoms with Crippen LogP contribution in [0.3, 0.4) is 0 Å². The molecule has 0 fully saturated rings. The van der Waals surface area contributed by atoms with E-state index in [1.54, 1.807) is 7.05 Å². The summed E-state index contributed by atoms with van der Waals surface area (Å²) in [4.78, 5) is 15.5. The zero-order chi connectivity index (χ0) is 21.8. The summed E-state index contributed by atoms with van der Waals surface area (Å²) >= 11 is 0. The molecule has 30 heavy (non-hydrogen) atoms. The number of hydrogen-bond acceptors (Lipinski definition) is 4. The lowest BCUT2D eigenvalue weighted by atomic mass is 10.1. The van der Waals surface area contributed by atoms with Crippen LogP contribution in [-0.4, -0.2) is 38.7 Å². The van der Waals surface area contributed by atoms with E-state index in [9.17, 15) is 4.79 Å². The Morgan fingerprint density at radius 3 is 2.60 bits per heavy atom. The number of anilines is 1. The van der Waals surface area contributed by atoms with Crippen molar-refractivity contribution in [1.29, 1.82) is 0 Å².